The fraction of sp³-hybridized carbons (Fsp3) is 0.263. The van der Waals surface area contributed by atoms with E-state index in [1.165, 1.54) is 30.2 Å². The van der Waals surface area contributed by atoms with Gasteiger partial charge in [0.25, 0.3) is 5.91 Å². The second-order valence-corrected chi connectivity index (χ2v) is 5.64. The van der Waals surface area contributed by atoms with Crippen LogP contribution in [-0.4, -0.2) is 42.6 Å². The number of nitrogens with zero attached hydrogens (tertiary/aromatic N) is 1. The zero-order chi connectivity index (χ0) is 18.4. The molecule has 0 radical (unpaired) electrons. The number of aromatic hydroxyl groups is 1. The number of carbonyl (C=O) groups is 2. The number of rotatable bonds is 6. The summed E-state index contributed by atoms with van der Waals surface area (Å²) in [4.78, 5) is 25.6. The second kappa shape index (κ2) is 8.19. The maximum Gasteiger partial charge on any atom is 0.342 e. The molecule has 6 nitrogen and oxygen atoms in total. The van der Waals surface area contributed by atoms with Crippen molar-refractivity contribution in [2.24, 2.45) is 0 Å². The van der Waals surface area contributed by atoms with Crippen LogP contribution >= 0.6 is 0 Å². The molecular weight excluding hydrogens is 322 g/mol. The minimum Gasteiger partial charge on any atom is -0.507 e. The number of likely N-dealkylation sites (N-methyl/N-ethyl adjacent to an activating group) is 1. The lowest BCUT2D eigenvalue weighted by atomic mass is 10.1. The average Bonchev–Trinajstić information content (AvgIpc) is 2.61. The molecule has 1 N–H and O–H groups in total. The Hall–Kier alpha value is -3.02. The molecule has 0 spiro atoms. The number of aryl methyl sites for hydroxylation is 1. The summed E-state index contributed by atoms with van der Waals surface area (Å²) in [6, 6.07) is 12.0. The molecule has 25 heavy (non-hydrogen) atoms. The maximum atomic E-state index is 12.1. The second-order valence-electron chi connectivity index (χ2n) is 5.64. The highest BCUT2D eigenvalue weighted by atomic mass is 16.5. The summed E-state index contributed by atoms with van der Waals surface area (Å²) in [6.07, 6.45) is 0. The van der Waals surface area contributed by atoms with E-state index in [1.54, 1.807) is 7.05 Å². The summed E-state index contributed by atoms with van der Waals surface area (Å²) in [6.45, 7) is 2.00. The summed E-state index contributed by atoms with van der Waals surface area (Å²) in [5, 5.41) is 9.82. The number of methoxy groups -OCH3 is 1. The number of amides is 1. The van der Waals surface area contributed by atoms with Crippen LogP contribution in [0.2, 0.25) is 0 Å². The molecule has 0 saturated carbocycles. The zero-order valence-electron chi connectivity index (χ0n) is 14.5. The van der Waals surface area contributed by atoms with Crippen LogP contribution in [0.1, 0.15) is 21.5 Å². The fourth-order valence-corrected chi connectivity index (χ4v) is 2.26. The van der Waals surface area contributed by atoms with E-state index in [0.29, 0.717) is 12.3 Å². The molecule has 0 atom stereocenters. The van der Waals surface area contributed by atoms with Crippen molar-refractivity contribution in [2.75, 3.05) is 20.8 Å². The van der Waals surface area contributed by atoms with E-state index in [0.717, 1.165) is 11.1 Å². The first-order valence-electron chi connectivity index (χ1n) is 7.75. The van der Waals surface area contributed by atoms with Gasteiger partial charge in [-0.1, -0.05) is 24.3 Å². The zero-order valence-corrected chi connectivity index (χ0v) is 14.5. The van der Waals surface area contributed by atoms with Gasteiger partial charge in [-0.25, -0.2) is 4.79 Å². The average molecular weight is 343 g/mol. The minimum absolute atomic E-state index is 0.0184. The van der Waals surface area contributed by atoms with Crippen molar-refractivity contribution < 1.29 is 24.2 Å². The van der Waals surface area contributed by atoms with Gasteiger partial charge in [0.15, 0.2) is 6.61 Å². The number of phenols is 1. The third kappa shape index (κ3) is 4.73. The van der Waals surface area contributed by atoms with Crippen LogP contribution < -0.4 is 4.74 Å². The Kier molecular flexibility index (Phi) is 6.00. The number of benzene rings is 2. The molecule has 6 heteroatoms. The van der Waals surface area contributed by atoms with Gasteiger partial charge in [0.05, 0.1) is 7.11 Å². The van der Waals surface area contributed by atoms with Crippen LogP contribution in [0.5, 0.6) is 11.5 Å². The molecule has 2 aromatic carbocycles. The summed E-state index contributed by atoms with van der Waals surface area (Å²) >= 11 is 0. The van der Waals surface area contributed by atoms with Crippen LogP contribution in [0.3, 0.4) is 0 Å². The standard InChI is InChI=1S/C19H21NO5/c1-13-6-4-5-7-14(13)11-20(2)18(22)12-25-19(23)16-9-8-15(24-3)10-17(16)21/h4-10,21H,11-12H2,1-3H3. The van der Waals surface area contributed by atoms with Gasteiger partial charge in [-0.3, -0.25) is 4.79 Å². The highest BCUT2D eigenvalue weighted by molar-refractivity contribution is 5.94. The first-order valence-corrected chi connectivity index (χ1v) is 7.75. The molecular formula is C19H21NO5. The van der Waals surface area contributed by atoms with E-state index in [9.17, 15) is 14.7 Å². The van der Waals surface area contributed by atoms with Crippen LogP contribution in [0.25, 0.3) is 0 Å². The van der Waals surface area contributed by atoms with E-state index >= 15 is 0 Å². The van der Waals surface area contributed by atoms with Crippen molar-refractivity contribution in [3.8, 4) is 11.5 Å². The number of ether oxygens (including phenoxy) is 2. The number of carbonyl (C=O) groups excluding carboxylic acids is 2. The largest absolute Gasteiger partial charge is 0.507 e. The van der Waals surface area contributed by atoms with Crippen LogP contribution in [0.15, 0.2) is 42.5 Å². The van der Waals surface area contributed by atoms with E-state index < -0.39 is 12.6 Å². The topological polar surface area (TPSA) is 76.1 Å². The van der Waals surface area contributed by atoms with Gasteiger partial charge < -0.3 is 19.5 Å². The van der Waals surface area contributed by atoms with Gasteiger partial charge >= 0.3 is 5.97 Å². The normalized spacial score (nSPS) is 10.2. The van der Waals surface area contributed by atoms with Crippen LogP contribution in [-0.2, 0) is 16.1 Å². The summed E-state index contributed by atoms with van der Waals surface area (Å²) in [5.41, 5.74) is 2.09. The minimum atomic E-state index is -0.766. The van der Waals surface area contributed by atoms with Crippen molar-refractivity contribution in [1.82, 2.24) is 4.90 Å². The summed E-state index contributed by atoms with van der Waals surface area (Å²) < 4.78 is 9.96. The number of esters is 1. The van der Waals surface area contributed by atoms with Gasteiger partial charge in [-0.15, -0.1) is 0 Å². The van der Waals surface area contributed by atoms with Crippen molar-refractivity contribution >= 4 is 11.9 Å². The lowest BCUT2D eigenvalue weighted by Crippen LogP contribution is -2.31. The SMILES string of the molecule is COc1ccc(C(=O)OCC(=O)N(C)Cc2ccccc2C)c(O)c1. The molecule has 132 valence electrons. The first kappa shape index (κ1) is 18.3. The van der Waals surface area contributed by atoms with Crippen molar-refractivity contribution in [3.63, 3.8) is 0 Å². The Morgan fingerprint density at radius 1 is 1.16 bits per heavy atom. The quantitative estimate of drug-likeness (QED) is 0.816. The Morgan fingerprint density at radius 2 is 1.88 bits per heavy atom. The van der Waals surface area contributed by atoms with Crippen molar-refractivity contribution in [3.05, 3.63) is 59.2 Å². The monoisotopic (exact) mass is 343 g/mol. The molecule has 2 rings (SSSR count). The number of hydrogen-bond acceptors (Lipinski definition) is 5. The lowest BCUT2D eigenvalue weighted by Gasteiger charge is -2.18. The first-order chi connectivity index (χ1) is 11.9. The Labute approximate surface area is 146 Å². The predicted molar refractivity (Wildman–Crippen MR) is 92.6 cm³/mol. The summed E-state index contributed by atoms with van der Waals surface area (Å²) in [7, 11) is 3.10. The summed E-state index contributed by atoms with van der Waals surface area (Å²) in [5.74, 6) is -0.935. The third-order valence-corrected chi connectivity index (χ3v) is 3.85. The fourth-order valence-electron chi connectivity index (χ4n) is 2.26. The van der Waals surface area contributed by atoms with Crippen LogP contribution in [0, 0.1) is 6.92 Å². The van der Waals surface area contributed by atoms with E-state index in [4.69, 9.17) is 9.47 Å². The molecule has 0 aliphatic heterocycles. The van der Waals surface area contributed by atoms with Gasteiger partial charge in [-0.05, 0) is 30.2 Å². The van der Waals surface area contributed by atoms with Gasteiger partial charge in [0.2, 0.25) is 0 Å². The highest BCUT2D eigenvalue weighted by Crippen LogP contribution is 2.24. The van der Waals surface area contributed by atoms with E-state index in [1.807, 2.05) is 31.2 Å². The third-order valence-electron chi connectivity index (χ3n) is 3.85. The molecule has 0 saturated heterocycles. The Bertz CT molecular complexity index is 772. The molecule has 0 aliphatic rings. The number of hydrogen-bond donors (Lipinski definition) is 1. The molecule has 1 amide bonds. The van der Waals surface area contributed by atoms with E-state index in [-0.39, 0.29) is 17.2 Å². The molecule has 0 heterocycles. The molecule has 0 bridgehead atoms. The predicted octanol–water partition coefficient (Wildman–Crippen LogP) is 2.52. The Balaban J connectivity index is 1.92. The molecule has 2 aromatic rings. The van der Waals surface area contributed by atoms with Gasteiger partial charge in [-0.2, -0.15) is 0 Å². The van der Waals surface area contributed by atoms with Crippen molar-refractivity contribution in [2.45, 2.75) is 13.5 Å². The Morgan fingerprint density at radius 3 is 2.52 bits per heavy atom. The number of phenolic OH excluding ortho intramolecular Hbond substituents is 1. The maximum absolute atomic E-state index is 12.1. The van der Waals surface area contributed by atoms with E-state index in [2.05, 4.69) is 0 Å². The molecule has 0 aromatic heterocycles. The van der Waals surface area contributed by atoms with Gasteiger partial charge in [0.1, 0.15) is 17.1 Å². The molecule has 0 fully saturated rings. The van der Waals surface area contributed by atoms with Crippen molar-refractivity contribution in [1.29, 1.82) is 0 Å². The molecule has 0 unspecified atom stereocenters. The van der Waals surface area contributed by atoms with Crippen LogP contribution in [0.4, 0.5) is 0 Å². The highest BCUT2D eigenvalue weighted by Gasteiger charge is 2.17. The van der Waals surface area contributed by atoms with Gasteiger partial charge in [0, 0.05) is 19.7 Å². The molecule has 0 aliphatic carbocycles. The smallest absolute Gasteiger partial charge is 0.342 e. The lowest BCUT2D eigenvalue weighted by molar-refractivity contribution is -0.133.